The third-order valence-electron chi connectivity index (χ3n) is 1.86. The highest BCUT2D eigenvalue weighted by Crippen LogP contribution is 2.02. The number of hydrogen-bond donors (Lipinski definition) is 1. The maximum absolute atomic E-state index is 11.1. The van der Waals surface area contributed by atoms with Gasteiger partial charge < -0.3 is 5.21 Å². The number of aromatic nitrogens is 1. The third-order valence-corrected chi connectivity index (χ3v) is 1.86. The molecule has 1 aromatic rings. The Labute approximate surface area is 64.9 Å². The number of nitrogens with zero attached hydrogens (tertiary/aromatic N) is 1. The quantitative estimate of drug-likeness (QED) is 0.565. The normalized spacial score (nSPS) is 10.1. The van der Waals surface area contributed by atoms with E-state index in [9.17, 15) is 4.79 Å². The van der Waals surface area contributed by atoms with Crippen molar-refractivity contribution in [2.75, 3.05) is 0 Å². The van der Waals surface area contributed by atoms with E-state index in [1.165, 1.54) is 0 Å². The molecule has 0 unspecified atom stereocenters. The summed E-state index contributed by atoms with van der Waals surface area (Å²) in [5.74, 6) is 0. The molecular formula is C8H11NO2. The number of pyridine rings is 1. The van der Waals surface area contributed by atoms with Gasteiger partial charge in [-0.15, -0.1) is 0 Å². The van der Waals surface area contributed by atoms with Gasteiger partial charge in [-0.2, -0.15) is 4.73 Å². The van der Waals surface area contributed by atoms with E-state index in [0.717, 1.165) is 5.56 Å². The van der Waals surface area contributed by atoms with Crippen LogP contribution >= 0.6 is 0 Å². The molecule has 0 aliphatic rings. The Morgan fingerprint density at radius 2 is 1.91 bits per heavy atom. The fourth-order valence-corrected chi connectivity index (χ4v) is 0.970. The highest BCUT2D eigenvalue weighted by atomic mass is 16.5. The molecule has 0 atom stereocenters. The molecule has 0 radical (unpaired) electrons. The van der Waals surface area contributed by atoms with Crippen molar-refractivity contribution in [2.24, 2.45) is 0 Å². The molecule has 0 aromatic carbocycles. The molecule has 3 nitrogen and oxygen atoms in total. The van der Waals surface area contributed by atoms with Crippen molar-refractivity contribution in [1.82, 2.24) is 4.73 Å². The van der Waals surface area contributed by atoms with Crippen molar-refractivity contribution in [1.29, 1.82) is 0 Å². The molecule has 0 saturated carbocycles. The molecule has 3 heteroatoms. The van der Waals surface area contributed by atoms with Gasteiger partial charge in [-0.1, -0.05) is 0 Å². The van der Waals surface area contributed by atoms with Crippen LogP contribution in [0.5, 0.6) is 0 Å². The smallest absolute Gasteiger partial charge is 0.286 e. The second-order valence-electron chi connectivity index (χ2n) is 2.71. The zero-order chi connectivity index (χ0) is 8.59. The van der Waals surface area contributed by atoms with Crippen LogP contribution in [0.2, 0.25) is 0 Å². The van der Waals surface area contributed by atoms with E-state index >= 15 is 0 Å². The summed E-state index contributed by atoms with van der Waals surface area (Å²) < 4.78 is 0.669. The van der Waals surface area contributed by atoms with Gasteiger partial charge in [-0.3, -0.25) is 4.79 Å². The molecule has 0 aliphatic carbocycles. The van der Waals surface area contributed by atoms with Gasteiger partial charge in [0, 0.05) is 5.56 Å². The third kappa shape index (κ3) is 1.13. The molecule has 1 rings (SSSR count). The summed E-state index contributed by atoms with van der Waals surface area (Å²) in [6.45, 7) is 5.24. The first-order chi connectivity index (χ1) is 5.04. The van der Waals surface area contributed by atoms with Gasteiger partial charge in [0.25, 0.3) is 5.56 Å². The lowest BCUT2D eigenvalue weighted by Crippen LogP contribution is -2.22. The van der Waals surface area contributed by atoms with E-state index in [4.69, 9.17) is 5.21 Å². The van der Waals surface area contributed by atoms with Crippen molar-refractivity contribution in [3.05, 3.63) is 33.2 Å². The lowest BCUT2D eigenvalue weighted by Gasteiger charge is -2.04. The summed E-state index contributed by atoms with van der Waals surface area (Å²) >= 11 is 0. The first-order valence-corrected chi connectivity index (χ1v) is 3.43. The summed E-state index contributed by atoms with van der Waals surface area (Å²) in [5.41, 5.74) is 1.75. The van der Waals surface area contributed by atoms with Crippen LogP contribution in [-0.2, 0) is 0 Å². The molecule has 0 bridgehead atoms. The van der Waals surface area contributed by atoms with Crippen LogP contribution in [0.15, 0.2) is 10.9 Å². The van der Waals surface area contributed by atoms with Crippen LogP contribution in [0.1, 0.15) is 16.8 Å². The van der Waals surface area contributed by atoms with Crippen LogP contribution in [0.25, 0.3) is 0 Å². The SMILES string of the molecule is Cc1cc(C)n(O)c(=O)c1C. The zero-order valence-electron chi connectivity index (χ0n) is 6.88. The maximum atomic E-state index is 11.1. The van der Waals surface area contributed by atoms with E-state index in [2.05, 4.69) is 0 Å². The van der Waals surface area contributed by atoms with E-state index in [1.807, 2.05) is 6.92 Å². The molecule has 0 aliphatic heterocycles. The number of aryl methyl sites for hydroxylation is 2. The monoisotopic (exact) mass is 153 g/mol. The van der Waals surface area contributed by atoms with Gasteiger partial charge in [0.2, 0.25) is 0 Å². The largest absolute Gasteiger partial charge is 0.425 e. The van der Waals surface area contributed by atoms with Crippen molar-refractivity contribution >= 4 is 0 Å². The van der Waals surface area contributed by atoms with Gasteiger partial charge in [-0.25, -0.2) is 0 Å². The zero-order valence-corrected chi connectivity index (χ0v) is 6.88. The Morgan fingerprint density at radius 1 is 1.36 bits per heavy atom. The van der Waals surface area contributed by atoms with Crippen molar-refractivity contribution in [2.45, 2.75) is 20.8 Å². The van der Waals surface area contributed by atoms with Gasteiger partial charge in [0.1, 0.15) is 0 Å². The summed E-state index contributed by atoms with van der Waals surface area (Å²) in [6.07, 6.45) is 0. The fourth-order valence-electron chi connectivity index (χ4n) is 0.970. The van der Waals surface area contributed by atoms with Crippen LogP contribution in [0, 0.1) is 20.8 Å². The van der Waals surface area contributed by atoms with Crippen molar-refractivity contribution in [3.8, 4) is 0 Å². The molecule has 0 amide bonds. The minimum absolute atomic E-state index is 0.331. The predicted octanol–water partition coefficient (Wildman–Crippen LogP) is 1.01. The Morgan fingerprint density at radius 3 is 2.45 bits per heavy atom. The minimum Gasteiger partial charge on any atom is -0.425 e. The first kappa shape index (κ1) is 7.85. The second kappa shape index (κ2) is 2.42. The molecule has 0 spiro atoms. The summed E-state index contributed by atoms with van der Waals surface area (Å²) in [7, 11) is 0. The Hall–Kier alpha value is -1.25. The van der Waals surface area contributed by atoms with E-state index in [0.29, 0.717) is 16.0 Å². The maximum Gasteiger partial charge on any atom is 0.286 e. The molecule has 1 heterocycles. The molecule has 1 aromatic heterocycles. The number of hydrogen-bond acceptors (Lipinski definition) is 2. The first-order valence-electron chi connectivity index (χ1n) is 3.43. The van der Waals surface area contributed by atoms with Crippen LogP contribution < -0.4 is 5.56 Å². The lowest BCUT2D eigenvalue weighted by atomic mass is 10.1. The summed E-state index contributed by atoms with van der Waals surface area (Å²) in [4.78, 5) is 11.1. The Bertz CT molecular complexity index is 309. The van der Waals surface area contributed by atoms with Crippen LogP contribution in [0.3, 0.4) is 0 Å². The van der Waals surface area contributed by atoms with Gasteiger partial charge in [-0.05, 0) is 32.4 Å². The van der Waals surface area contributed by atoms with E-state index < -0.39 is 0 Å². The molecule has 1 N–H and O–H groups in total. The average Bonchev–Trinajstić information content (AvgIpc) is 1.97. The number of rotatable bonds is 0. The van der Waals surface area contributed by atoms with E-state index in [-0.39, 0.29) is 5.56 Å². The molecule has 11 heavy (non-hydrogen) atoms. The van der Waals surface area contributed by atoms with Gasteiger partial charge in [0.15, 0.2) is 0 Å². The molecule has 0 saturated heterocycles. The molecule has 60 valence electrons. The van der Waals surface area contributed by atoms with Crippen molar-refractivity contribution in [3.63, 3.8) is 0 Å². The lowest BCUT2D eigenvalue weighted by molar-refractivity contribution is 0.167. The van der Waals surface area contributed by atoms with Crippen molar-refractivity contribution < 1.29 is 5.21 Å². The highest BCUT2D eigenvalue weighted by molar-refractivity contribution is 5.23. The second-order valence-corrected chi connectivity index (χ2v) is 2.71. The van der Waals surface area contributed by atoms with Gasteiger partial charge >= 0.3 is 0 Å². The minimum atomic E-state index is -0.331. The highest BCUT2D eigenvalue weighted by Gasteiger charge is 2.03. The molecule has 0 fully saturated rings. The standard InChI is InChI=1S/C8H11NO2/c1-5-4-6(2)9(11)8(10)7(5)3/h4,11H,1-3H3. The van der Waals surface area contributed by atoms with E-state index in [1.54, 1.807) is 19.9 Å². The fraction of sp³-hybridized carbons (Fsp3) is 0.375. The predicted molar refractivity (Wildman–Crippen MR) is 42.1 cm³/mol. The average molecular weight is 153 g/mol. The molecular weight excluding hydrogens is 142 g/mol. The van der Waals surface area contributed by atoms with Crippen LogP contribution in [-0.4, -0.2) is 9.94 Å². The summed E-state index contributed by atoms with van der Waals surface area (Å²) in [6, 6.07) is 1.77. The Balaban J connectivity index is 3.59. The van der Waals surface area contributed by atoms with Crippen LogP contribution in [0.4, 0.5) is 0 Å². The summed E-state index contributed by atoms with van der Waals surface area (Å²) in [5, 5.41) is 9.12. The van der Waals surface area contributed by atoms with Gasteiger partial charge in [0.05, 0.1) is 5.69 Å². The Kier molecular flexibility index (Phi) is 1.72. The topological polar surface area (TPSA) is 42.2 Å².